The van der Waals surface area contributed by atoms with E-state index in [1.54, 1.807) is 12.3 Å². The Morgan fingerprint density at radius 3 is 2.57 bits per heavy atom. The Morgan fingerprint density at radius 1 is 1.03 bits per heavy atom. The van der Waals surface area contributed by atoms with Gasteiger partial charge in [-0.25, -0.2) is 15.0 Å². The number of amides is 1. The van der Waals surface area contributed by atoms with E-state index in [1.165, 1.54) is 12.4 Å². The highest BCUT2D eigenvalue weighted by atomic mass is 16.5. The summed E-state index contributed by atoms with van der Waals surface area (Å²) in [5, 5.41) is 8.86. The molecule has 4 rings (SSSR count). The Labute approximate surface area is 175 Å². The highest BCUT2D eigenvalue weighted by Gasteiger charge is 2.23. The molecule has 0 spiro atoms. The Balaban J connectivity index is 1.36. The predicted molar refractivity (Wildman–Crippen MR) is 116 cm³/mol. The molecular formula is C22H24N6O2. The van der Waals surface area contributed by atoms with Crippen molar-refractivity contribution >= 4 is 17.7 Å². The maximum absolute atomic E-state index is 12.4. The fourth-order valence-corrected chi connectivity index (χ4v) is 2.79. The van der Waals surface area contributed by atoms with Crippen molar-refractivity contribution in [3.8, 4) is 16.9 Å². The van der Waals surface area contributed by atoms with Crippen LogP contribution in [0.4, 0.5) is 11.8 Å². The lowest BCUT2D eigenvalue weighted by Gasteiger charge is -2.08. The molecule has 1 aromatic carbocycles. The van der Waals surface area contributed by atoms with E-state index in [4.69, 9.17) is 4.74 Å². The van der Waals surface area contributed by atoms with E-state index >= 15 is 0 Å². The summed E-state index contributed by atoms with van der Waals surface area (Å²) in [5.41, 5.74) is 2.34. The molecule has 8 heteroatoms. The van der Waals surface area contributed by atoms with Crippen LogP contribution in [0.2, 0.25) is 0 Å². The molecular weight excluding hydrogens is 380 g/mol. The number of nitrogens with zero attached hydrogens (tertiary/aromatic N) is 3. The summed E-state index contributed by atoms with van der Waals surface area (Å²) in [4.78, 5) is 25.1. The molecule has 3 N–H and O–H groups in total. The topological polar surface area (TPSA) is 101 Å². The zero-order valence-corrected chi connectivity index (χ0v) is 16.8. The summed E-state index contributed by atoms with van der Waals surface area (Å²) in [7, 11) is 1.87. The van der Waals surface area contributed by atoms with Gasteiger partial charge in [0.05, 0.1) is 11.7 Å². The van der Waals surface area contributed by atoms with E-state index < -0.39 is 0 Å². The molecule has 0 unspecified atom stereocenters. The molecule has 154 valence electrons. The van der Waals surface area contributed by atoms with Gasteiger partial charge in [-0.15, -0.1) is 0 Å². The lowest BCUT2D eigenvalue weighted by atomic mass is 10.1. The van der Waals surface area contributed by atoms with Gasteiger partial charge in [0, 0.05) is 37.2 Å². The van der Waals surface area contributed by atoms with Gasteiger partial charge < -0.3 is 20.7 Å². The molecule has 1 aliphatic rings. The third kappa shape index (κ3) is 5.30. The SMILES string of the molecule is CNCCNc1ncc(C(=O)Nc2ccc(-c3cccc(OC4CC4)c3)cn2)cn1. The fourth-order valence-electron chi connectivity index (χ4n) is 2.79. The molecule has 1 amide bonds. The number of carbonyl (C=O) groups is 1. The van der Waals surface area contributed by atoms with Crippen molar-refractivity contribution in [3.05, 3.63) is 60.6 Å². The van der Waals surface area contributed by atoms with Gasteiger partial charge in [0.15, 0.2) is 0 Å². The third-order valence-electron chi connectivity index (χ3n) is 4.57. The largest absolute Gasteiger partial charge is 0.490 e. The van der Waals surface area contributed by atoms with Crippen LogP contribution in [0.3, 0.4) is 0 Å². The molecule has 1 saturated carbocycles. The maximum atomic E-state index is 12.4. The van der Waals surface area contributed by atoms with Gasteiger partial charge in [-0.3, -0.25) is 4.79 Å². The number of ether oxygens (including phenoxy) is 1. The smallest absolute Gasteiger partial charge is 0.259 e. The van der Waals surface area contributed by atoms with Gasteiger partial charge in [-0.2, -0.15) is 0 Å². The molecule has 1 aliphatic carbocycles. The normalized spacial score (nSPS) is 13.0. The zero-order valence-electron chi connectivity index (χ0n) is 16.8. The van der Waals surface area contributed by atoms with Gasteiger partial charge in [0.1, 0.15) is 11.6 Å². The van der Waals surface area contributed by atoms with Crippen molar-refractivity contribution in [1.29, 1.82) is 0 Å². The van der Waals surface area contributed by atoms with Crippen LogP contribution in [0.15, 0.2) is 55.0 Å². The lowest BCUT2D eigenvalue weighted by molar-refractivity contribution is 0.102. The van der Waals surface area contributed by atoms with Crippen molar-refractivity contribution in [3.63, 3.8) is 0 Å². The number of anilines is 2. The van der Waals surface area contributed by atoms with E-state index in [1.807, 2.05) is 37.4 Å². The van der Waals surface area contributed by atoms with E-state index in [2.05, 4.69) is 30.9 Å². The molecule has 1 fully saturated rings. The van der Waals surface area contributed by atoms with Crippen LogP contribution < -0.4 is 20.7 Å². The van der Waals surface area contributed by atoms with Crippen LogP contribution in [0.1, 0.15) is 23.2 Å². The first-order valence-electron chi connectivity index (χ1n) is 9.96. The van der Waals surface area contributed by atoms with Crippen LogP contribution in [-0.4, -0.2) is 47.1 Å². The average molecular weight is 404 g/mol. The van der Waals surface area contributed by atoms with E-state index in [0.29, 0.717) is 30.0 Å². The van der Waals surface area contributed by atoms with Crippen molar-refractivity contribution < 1.29 is 9.53 Å². The first-order chi connectivity index (χ1) is 14.7. The molecule has 2 heterocycles. The second-order valence-electron chi connectivity index (χ2n) is 7.06. The molecule has 8 nitrogen and oxygen atoms in total. The number of carbonyl (C=O) groups excluding carboxylic acids is 1. The van der Waals surface area contributed by atoms with E-state index in [0.717, 1.165) is 36.3 Å². The Kier molecular flexibility index (Phi) is 6.14. The quantitative estimate of drug-likeness (QED) is 0.471. The molecule has 0 bridgehead atoms. The van der Waals surface area contributed by atoms with Crippen molar-refractivity contribution in [1.82, 2.24) is 20.3 Å². The minimum atomic E-state index is -0.308. The van der Waals surface area contributed by atoms with Gasteiger partial charge in [0.2, 0.25) is 5.95 Å². The zero-order chi connectivity index (χ0) is 20.8. The van der Waals surface area contributed by atoms with Crippen LogP contribution in [0.5, 0.6) is 5.75 Å². The third-order valence-corrected chi connectivity index (χ3v) is 4.57. The number of likely N-dealkylation sites (N-methyl/N-ethyl adjacent to an activating group) is 1. The monoisotopic (exact) mass is 404 g/mol. The molecule has 30 heavy (non-hydrogen) atoms. The molecule has 2 aromatic heterocycles. The maximum Gasteiger partial charge on any atom is 0.259 e. The number of aromatic nitrogens is 3. The first-order valence-corrected chi connectivity index (χ1v) is 9.96. The van der Waals surface area contributed by atoms with Gasteiger partial charge in [0.25, 0.3) is 5.91 Å². The Morgan fingerprint density at radius 2 is 1.87 bits per heavy atom. The highest BCUT2D eigenvalue weighted by molar-refractivity contribution is 6.03. The molecule has 0 aliphatic heterocycles. The Bertz CT molecular complexity index is 987. The summed E-state index contributed by atoms with van der Waals surface area (Å²) in [6, 6.07) is 11.7. The summed E-state index contributed by atoms with van der Waals surface area (Å²) in [6.45, 7) is 1.50. The second kappa shape index (κ2) is 9.32. The minimum Gasteiger partial charge on any atom is -0.490 e. The number of nitrogens with one attached hydrogen (secondary N) is 3. The number of rotatable bonds is 9. The average Bonchev–Trinajstić information content (AvgIpc) is 3.59. The van der Waals surface area contributed by atoms with E-state index in [9.17, 15) is 4.79 Å². The fraction of sp³-hybridized carbons (Fsp3) is 0.273. The van der Waals surface area contributed by atoms with Gasteiger partial charge >= 0.3 is 0 Å². The van der Waals surface area contributed by atoms with Crippen LogP contribution in [-0.2, 0) is 0 Å². The standard InChI is InChI=1S/C22H24N6O2/c1-23-9-10-24-22-26-13-17(14-27-22)21(29)28-20-8-5-16(12-25-20)15-3-2-4-19(11-15)30-18-6-7-18/h2-5,8,11-14,18,23H,6-7,9-10H2,1H3,(H,24,26,27)(H,25,28,29). The number of hydrogen-bond acceptors (Lipinski definition) is 7. The van der Waals surface area contributed by atoms with Crippen molar-refractivity contribution in [2.24, 2.45) is 0 Å². The molecule has 0 radical (unpaired) electrons. The first kappa shape index (κ1) is 19.8. The summed E-state index contributed by atoms with van der Waals surface area (Å²) >= 11 is 0. The number of pyridine rings is 1. The van der Waals surface area contributed by atoms with Crippen molar-refractivity contribution in [2.75, 3.05) is 30.8 Å². The van der Waals surface area contributed by atoms with Crippen molar-refractivity contribution in [2.45, 2.75) is 18.9 Å². The number of hydrogen-bond donors (Lipinski definition) is 3. The summed E-state index contributed by atoms with van der Waals surface area (Å²) < 4.78 is 5.85. The second-order valence-corrected chi connectivity index (χ2v) is 7.06. The predicted octanol–water partition coefficient (Wildman–Crippen LogP) is 2.96. The van der Waals surface area contributed by atoms with Crippen LogP contribution in [0.25, 0.3) is 11.1 Å². The molecule has 3 aromatic rings. The molecule has 0 atom stereocenters. The van der Waals surface area contributed by atoms with E-state index in [-0.39, 0.29) is 5.91 Å². The minimum absolute atomic E-state index is 0.308. The van der Waals surface area contributed by atoms with Crippen LogP contribution in [0, 0.1) is 0 Å². The number of benzene rings is 1. The summed E-state index contributed by atoms with van der Waals surface area (Å²) in [6.07, 6.45) is 7.32. The van der Waals surface area contributed by atoms with Crippen LogP contribution >= 0.6 is 0 Å². The Hall–Kier alpha value is -3.52. The molecule has 0 saturated heterocycles. The lowest BCUT2D eigenvalue weighted by Crippen LogP contribution is -2.19. The van der Waals surface area contributed by atoms with Gasteiger partial charge in [-0.1, -0.05) is 12.1 Å². The highest BCUT2D eigenvalue weighted by Crippen LogP contribution is 2.29. The summed E-state index contributed by atoms with van der Waals surface area (Å²) in [5.74, 6) is 1.51. The van der Waals surface area contributed by atoms with Gasteiger partial charge in [-0.05, 0) is 49.7 Å².